The summed E-state index contributed by atoms with van der Waals surface area (Å²) in [6, 6.07) is 8.58. The zero-order chi connectivity index (χ0) is 9.54. The molecule has 2 aliphatic rings. The Kier molecular flexibility index (Phi) is 1.77. The average Bonchev–Trinajstić information content (AvgIpc) is 3.00. The van der Waals surface area contributed by atoms with Crippen LogP contribution in [0.5, 0.6) is 0 Å². The van der Waals surface area contributed by atoms with Gasteiger partial charge in [0.2, 0.25) is 0 Å². The summed E-state index contributed by atoms with van der Waals surface area (Å²) in [5, 5.41) is 13.4. The fourth-order valence-electron chi connectivity index (χ4n) is 2.35. The molecule has 74 valence electrons. The molecule has 1 aromatic rings. The van der Waals surface area contributed by atoms with E-state index in [9.17, 15) is 5.11 Å². The molecule has 2 heteroatoms. The normalized spacial score (nSPS) is 30.6. The zero-order valence-electron chi connectivity index (χ0n) is 8.11. The van der Waals surface area contributed by atoms with Crippen molar-refractivity contribution in [3.63, 3.8) is 0 Å². The van der Waals surface area contributed by atoms with Crippen molar-refractivity contribution in [1.82, 2.24) is 0 Å². The maximum atomic E-state index is 9.96. The molecule has 1 fully saturated rings. The minimum Gasteiger partial charge on any atom is -0.391 e. The molecule has 2 N–H and O–H groups in total. The molecule has 0 bridgehead atoms. The molecule has 1 aromatic carbocycles. The SMILES string of the molecule is O[C@H]1Cc2ccccc2N[C@@H]1C1CC1. The highest BCUT2D eigenvalue weighted by atomic mass is 16.3. The number of anilines is 1. The van der Waals surface area contributed by atoms with E-state index < -0.39 is 0 Å². The molecule has 1 aliphatic carbocycles. The lowest BCUT2D eigenvalue weighted by Crippen LogP contribution is -2.40. The molecule has 0 spiro atoms. The Bertz CT molecular complexity index is 346. The number of aliphatic hydroxyl groups excluding tert-OH is 1. The molecule has 14 heavy (non-hydrogen) atoms. The van der Waals surface area contributed by atoms with Crippen molar-refractivity contribution in [2.45, 2.75) is 31.4 Å². The van der Waals surface area contributed by atoms with Crippen LogP contribution in [0, 0.1) is 5.92 Å². The predicted molar refractivity (Wildman–Crippen MR) is 56.3 cm³/mol. The Morgan fingerprint density at radius 3 is 2.79 bits per heavy atom. The van der Waals surface area contributed by atoms with E-state index in [1.54, 1.807) is 0 Å². The number of rotatable bonds is 1. The number of benzene rings is 1. The fraction of sp³-hybridized carbons (Fsp3) is 0.500. The second-order valence-electron chi connectivity index (χ2n) is 4.44. The Hall–Kier alpha value is -1.02. The summed E-state index contributed by atoms with van der Waals surface area (Å²) in [6.07, 6.45) is 3.16. The van der Waals surface area contributed by atoms with Crippen LogP contribution in [0.1, 0.15) is 18.4 Å². The van der Waals surface area contributed by atoms with E-state index in [0.29, 0.717) is 12.0 Å². The quantitative estimate of drug-likeness (QED) is 0.706. The van der Waals surface area contributed by atoms with Crippen molar-refractivity contribution < 1.29 is 5.11 Å². The molecule has 3 rings (SSSR count). The summed E-state index contributed by atoms with van der Waals surface area (Å²) in [7, 11) is 0. The summed E-state index contributed by atoms with van der Waals surface area (Å²) >= 11 is 0. The Labute approximate surface area is 84.0 Å². The van der Waals surface area contributed by atoms with Gasteiger partial charge in [-0.1, -0.05) is 18.2 Å². The molecular formula is C12H15NO. The molecule has 1 heterocycles. The van der Waals surface area contributed by atoms with Gasteiger partial charge in [-0.3, -0.25) is 0 Å². The number of para-hydroxylation sites is 1. The van der Waals surface area contributed by atoms with Crippen LogP contribution < -0.4 is 5.32 Å². The van der Waals surface area contributed by atoms with Gasteiger partial charge < -0.3 is 10.4 Å². The molecule has 0 unspecified atom stereocenters. The lowest BCUT2D eigenvalue weighted by Gasteiger charge is -2.31. The van der Waals surface area contributed by atoms with Gasteiger partial charge in [-0.25, -0.2) is 0 Å². The van der Waals surface area contributed by atoms with Gasteiger partial charge >= 0.3 is 0 Å². The average molecular weight is 189 g/mol. The van der Waals surface area contributed by atoms with Crippen molar-refractivity contribution in [2.75, 3.05) is 5.32 Å². The number of hydrogen-bond acceptors (Lipinski definition) is 2. The van der Waals surface area contributed by atoms with Crippen molar-refractivity contribution in [1.29, 1.82) is 0 Å². The molecule has 2 nitrogen and oxygen atoms in total. The highest BCUT2D eigenvalue weighted by Crippen LogP contribution is 2.39. The number of hydrogen-bond donors (Lipinski definition) is 2. The third kappa shape index (κ3) is 1.30. The van der Waals surface area contributed by atoms with Crippen molar-refractivity contribution >= 4 is 5.69 Å². The highest BCUT2D eigenvalue weighted by molar-refractivity contribution is 5.54. The number of fused-ring (bicyclic) bond motifs is 1. The van der Waals surface area contributed by atoms with Crippen LogP contribution in [0.15, 0.2) is 24.3 Å². The van der Waals surface area contributed by atoms with E-state index in [1.807, 2.05) is 12.1 Å². The van der Waals surface area contributed by atoms with Crippen LogP contribution in [-0.4, -0.2) is 17.3 Å². The third-order valence-corrected chi connectivity index (χ3v) is 3.31. The van der Waals surface area contributed by atoms with Crippen LogP contribution in [-0.2, 0) is 6.42 Å². The first-order valence-corrected chi connectivity index (χ1v) is 5.37. The van der Waals surface area contributed by atoms with Crippen LogP contribution in [0.4, 0.5) is 5.69 Å². The second kappa shape index (κ2) is 2.99. The third-order valence-electron chi connectivity index (χ3n) is 3.31. The lowest BCUT2D eigenvalue weighted by atomic mass is 9.93. The summed E-state index contributed by atoms with van der Waals surface area (Å²) < 4.78 is 0. The van der Waals surface area contributed by atoms with Crippen LogP contribution in [0.25, 0.3) is 0 Å². The molecular weight excluding hydrogens is 174 g/mol. The van der Waals surface area contributed by atoms with Crippen molar-refractivity contribution in [3.8, 4) is 0 Å². The standard InChI is InChI=1S/C12H15NO/c14-11-7-9-3-1-2-4-10(9)13-12(11)8-5-6-8/h1-4,8,11-14H,5-7H2/t11-,12+/m0/s1. The van der Waals surface area contributed by atoms with E-state index in [2.05, 4.69) is 17.4 Å². The largest absolute Gasteiger partial charge is 0.391 e. The molecule has 2 atom stereocenters. The van der Waals surface area contributed by atoms with Gasteiger partial charge in [-0.2, -0.15) is 0 Å². The Morgan fingerprint density at radius 2 is 2.00 bits per heavy atom. The summed E-state index contributed by atoms with van der Waals surface area (Å²) in [5.41, 5.74) is 2.46. The fourth-order valence-corrected chi connectivity index (χ4v) is 2.35. The maximum Gasteiger partial charge on any atom is 0.0784 e. The van der Waals surface area contributed by atoms with Crippen LogP contribution in [0.2, 0.25) is 0 Å². The first-order valence-electron chi connectivity index (χ1n) is 5.37. The lowest BCUT2D eigenvalue weighted by molar-refractivity contribution is 0.139. The van der Waals surface area contributed by atoms with Gasteiger partial charge in [0.1, 0.15) is 0 Å². The highest BCUT2D eigenvalue weighted by Gasteiger charge is 2.38. The molecule has 0 radical (unpaired) electrons. The van der Waals surface area contributed by atoms with Crippen molar-refractivity contribution in [3.05, 3.63) is 29.8 Å². The minimum absolute atomic E-state index is 0.197. The maximum absolute atomic E-state index is 9.96. The van der Waals surface area contributed by atoms with E-state index in [0.717, 1.165) is 6.42 Å². The van der Waals surface area contributed by atoms with Crippen molar-refractivity contribution in [2.24, 2.45) is 5.92 Å². The first kappa shape index (κ1) is 8.30. The topological polar surface area (TPSA) is 32.3 Å². The summed E-state index contributed by atoms with van der Waals surface area (Å²) in [6.45, 7) is 0. The predicted octanol–water partition coefficient (Wildman–Crippen LogP) is 1.79. The minimum atomic E-state index is -0.197. The van der Waals surface area contributed by atoms with Crippen LogP contribution >= 0.6 is 0 Å². The Morgan fingerprint density at radius 1 is 1.21 bits per heavy atom. The van der Waals surface area contributed by atoms with Gasteiger partial charge in [-0.05, 0) is 30.4 Å². The molecule has 0 aromatic heterocycles. The zero-order valence-corrected chi connectivity index (χ0v) is 8.11. The van der Waals surface area contributed by atoms with E-state index in [-0.39, 0.29) is 6.10 Å². The van der Waals surface area contributed by atoms with Gasteiger partial charge in [0, 0.05) is 12.1 Å². The number of nitrogens with one attached hydrogen (secondary N) is 1. The molecule has 1 aliphatic heterocycles. The van der Waals surface area contributed by atoms with Gasteiger partial charge in [0.15, 0.2) is 0 Å². The van der Waals surface area contributed by atoms with Gasteiger partial charge in [-0.15, -0.1) is 0 Å². The monoisotopic (exact) mass is 189 g/mol. The van der Waals surface area contributed by atoms with Crippen LogP contribution in [0.3, 0.4) is 0 Å². The summed E-state index contributed by atoms with van der Waals surface area (Å²) in [4.78, 5) is 0. The molecule has 1 saturated carbocycles. The van der Waals surface area contributed by atoms with E-state index in [1.165, 1.54) is 24.1 Å². The smallest absolute Gasteiger partial charge is 0.0784 e. The molecule has 0 amide bonds. The van der Waals surface area contributed by atoms with E-state index in [4.69, 9.17) is 0 Å². The second-order valence-corrected chi connectivity index (χ2v) is 4.44. The Balaban J connectivity index is 1.90. The number of aliphatic hydroxyl groups is 1. The molecule has 0 saturated heterocycles. The first-order chi connectivity index (χ1) is 6.84. The van der Waals surface area contributed by atoms with E-state index >= 15 is 0 Å². The van der Waals surface area contributed by atoms with Gasteiger partial charge in [0.05, 0.1) is 12.1 Å². The summed E-state index contributed by atoms with van der Waals surface area (Å²) in [5.74, 6) is 0.707. The van der Waals surface area contributed by atoms with Gasteiger partial charge in [0.25, 0.3) is 0 Å².